The van der Waals surface area contributed by atoms with E-state index < -0.39 is 0 Å². The smallest absolute Gasteiger partial charge is 0.241 e. The number of nitrogens with one attached hydrogen (secondary N) is 1. The molecule has 1 heterocycles. The molecule has 0 saturated carbocycles. The number of likely N-dealkylation sites (tertiary alicyclic amines) is 1. The number of benzene rings is 1. The summed E-state index contributed by atoms with van der Waals surface area (Å²) in [6.45, 7) is 4.82. The Morgan fingerprint density at radius 3 is 2.83 bits per heavy atom. The Morgan fingerprint density at radius 1 is 1.39 bits per heavy atom. The van der Waals surface area contributed by atoms with Crippen molar-refractivity contribution in [3.8, 4) is 0 Å². The normalized spacial score (nSPS) is 18.2. The highest BCUT2D eigenvalue weighted by atomic mass is 127. The van der Waals surface area contributed by atoms with E-state index in [0.717, 1.165) is 25.9 Å². The number of carbonyl (C=O) groups is 1. The molecule has 128 valence electrons. The van der Waals surface area contributed by atoms with Gasteiger partial charge in [0, 0.05) is 19.6 Å². The van der Waals surface area contributed by atoms with E-state index in [-0.39, 0.29) is 36.4 Å². The van der Waals surface area contributed by atoms with Gasteiger partial charge in [0.05, 0.1) is 0 Å². The minimum absolute atomic E-state index is 0. The zero-order chi connectivity index (χ0) is 15.8. The molecule has 0 spiro atoms. The number of rotatable bonds is 5. The van der Waals surface area contributed by atoms with Crippen LogP contribution in [0, 0.1) is 5.92 Å². The molecule has 2 rings (SSSR count). The van der Waals surface area contributed by atoms with Crippen molar-refractivity contribution in [3.63, 3.8) is 0 Å². The molecule has 5 nitrogen and oxygen atoms in total. The van der Waals surface area contributed by atoms with Gasteiger partial charge in [0.15, 0.2) is 5.96 Å². The van der Waals surface area contributed by atoms with Crippen molar-refractivity contribution in [2.24, 2.45) is 16.6 Å². The van der Waals surface area contributed by atoms with E-state index in [2.05, 4.69) is 34.3 Å². The van der Waals surface area contributed by atoms with Gasteiger partial charge in [-0.2, -0.15) is 0 Å². The number of halogens is 1. The maximum absolute atomic E-state index is 11.8. The minimum atomic E-state index is -0.0797. The fraction of sp³-hybridized carbons (Fsp3) is 0.529. The predicted molar refractivity (Wildman–Crippen MR) is 105 cm³/mol. The molecule has 6 heteroatoms. The molecule has 1 saturated heterocycles. The topological polar surface area (TPSA) is 70.7 Å². The summed E-state index contributed by atoms with van der Waals surface area (Å²) in [5, 5.41) is 2.88. The molecule has 1 aromatic rings. The van der Waals surface area contributed by atoms with Crippen LogP contribution in [0.4, 0.5) is 0 Å². The van der Waals surface area contributed by atoms with Gasteiger partial charge in [-0.15, -0.1) is 24.0 Å². The van der Waals surface area contributed by atoms with Crippen LogP contribution in [-0.2, 0) is 11.2 Å². The van der Waals surface area contributed by atoms with E-state index in [4.69, 9.17) is 5.73 Å². The third kappa shape index (κ3) is 7.20. The van der Waals surface area contributed by atoms with Crippen molar-refractivity contribution >= 4 is 35.8 Å². The Kier molecular flexibility index (Phi) is 8.98. The van der Waals surface area contributed by atoms with E-state index in [1.165, 1.54) is 12.0 Å². The third-order valence-electron chi connectivity index (χ3n) is 3.94. The SMILES string of the molecule is CC1CCCN(C(N)=NCC(=O)NCCc2ccccc2)C1.I. The number of carbonyl (C=O) groups excluding carboxylic acids is 1. The van der Waals surface area contributed by atoms with Crippen LogP contribution in [0.25, 0.3) is 0 Å². The number of aliphatic imine (C=N–C) groups is 1. The van der Waals surface area contributed by atoms with Crippen LogP contribution in [-0.4, -0.2) is 42.9 Å². The van der Waals surface area contributed by atoms with Crippen LogP contribution in [0.5, 0.6) is 0 Å². The van der Waals surface area contributed by atoms with Crippen molar-refractivity contribution in [2.75, 3.05) is 26.2 Å². The van der Waals surface area contributed by atoms with Crippen LogP contribution >= 0.6 is 24.0 Å². The van der Waals surface area contributed by atoms with Gasteiger partial charge in [-0.05, 0) is 30.7 Å². The van der Waals surface area contributed by atoms with Crippen LogP contribution in [0.3, 0.4) is 0 Å². The molecule has 1 unspecified atom stereocenters. The fourth-order valence-electron chi connectivity index (χ4n) is 2.70. The molecule has 1 atom stereocenters. The molecule has 0 bridgehead atoms. The number of hydrogen-bond acceptors (Lipinski definition) is 2. The number of guanidine groups is 1. The van der Waals surface area contributed by atoms with Gasteiger partial charge in [0.2, 0.25) is 5.91 Å². The summed E-state index contributed by atoms with van der Waals surface area (Å²) in [5.74, 6) is 1.05. The molecular formula is C17H27IN4O. The van der Waals surface area contributed by atoms with Crippen LogP contribution in [0.15, 0.2) is 35.3 Å². The summed E-state index contributed by atoms with van der Waals surface area (Å²) in [5.41, 5.74) is 7.19. The summed E-state index contributed by atoms with van der Waals surface area (Å²) >= 11 is 0. The van der Waals surface area contributed by atoms with Crippen LogP contribution in [0.2, 0.25) is 0 Å². The lowest BCUT2D eigenvalue weighted by atomic mass is 10.0. The van der Waals surface area contributed by atoms with Gasteiger partial charge >= 0.3 is 0 Å². The van der Waals surface area contributed by atoms with Crippen molar-refractivity contribution < 1.29 is 4.79 Å². The van der Waals surface area contributed by atoms with E-state index in [9.17, 15) is 4.79 Å². The average Bonchev–Trinajstić information content (AvgIpc) is 2.53. The largest absolute Gasteiger partial charge is 0.370 e. The first-order valence-electron chi connectivity index (χ1n) is 8.00. The molecule has 1 aliphatic rings. The van der Waals surface area contributed by atoms with Gasteiger partial charge in [-0.1, -0.05) is 37.3 Å². The molecule has 1 aromatic carbocycles. The Hall–Kier alpha value is -1.31. The summed E-state index contributed by atoms with van der Waals surface area (Å²) < 4.78 is 0. The number of nitrogens with zero attached hydrogens (tertiary/aromatic N) is 2. The predicted octanol–water partition coefficient (Wildman–Crippen LogP) is 2.01. The molecule has 0 aromatic heterocycles. The molecule has 1 amide bonds. The zero-order valence-corrected chi connectivity index (χ0v) is 16.0. The number of hydrogen-bond donors (Lipinski definition) is 2. The van der Waals surface area contributed by atoms with Crippen LogP contribution < -0.4 is 11.1 Å². The molecule has 23 heavy (non-hydrogen) atoms. The monoisotopic (exact) mass is 430 g/mol. The molecule has 1 aliphatic heterocycles. The average molecular weight is 430 g/mol. The Bertz CT molecular complexity index is 507. The second kappa shape index (κ2) is 10.5. The minimum Gasteiger partial charge on any atom is -0.370 e. The van der Waals surface area contributed by atoms with Crippen molar-refractivity contribution in [1.82, 2.24) is 10.2 Å². The zero-order valence-electron chi connectivity index (χ0n) is 13.7. The van der Waals surface area contributed by atoms with Crippen molar-refractivity contribution in [3.05, 3.63) is 35.9 Å². The third-order valence-corrected chi connectivity index (χ3v) is 3.94. The fourth-order valence-corrected chi connectivity index (χ4v) is 2.70. The highest BCUT2D eigenvalue weighted by molar-refractivity contribution is 14.0. The van der Waals surface area contributed by atoms with E-state index in [0.29, 0.717) is 18.4 Å². The van der Waals surface area contributed by atoms with E-state index >= 15 is 0 Å². The first-order valence-corrected chi connectivity index (χ1v) is 8.00. The number of nitrogens with two attached hydrogens (primary N) is 1. The highest BCUT2D eigenvalue weighted by Crippen LogP contribution is 2.14. The van der Waals surface area contributed by atoms with E-state index in [1.807, 2.05) is 18.2 Å². The van der Waals surface area contributed by atoms with Gasteiger partial charge < -0.3 is 16.0 Å². The van der Waals surface area contributed by atoms with Crippen molar-refractivity contribution in [1.29, 1.82) is 0 Å². The lowest BCUT2D eigenvalue weighted by Gasteiger charge is -2.31. The molecule has 0 aliphatic carbocycles. The summed E-state index contributed by atoms with van der Waals surface area (Å²) in [6, 6.07) is 10.1. The maximum atomic E-state index is 11.8. The van der Waals surface area contributed by atoms with Gasteiger partial charge in [-0.3, -0.25) is 4.79 Å². The van der Waals surface area contributed by atoms with Gasteiger partial charge in [0.25, 0.3) is 0 Å². The Balaban J connectivity index is 0.00000264. The Labute approximate surface area is 155 Å². The molecular weight excluding hydrogens is 403 g/mol. The molecule has 0 radical (unpaired) electrons. The van der Waals surface area contributed by atoms with Crippen LogP contribution in [0.1, 0.15) is 25.3 Å². The second-order valence-corrected chi connectivity index (χ2v) is 5.95. The number of amides is 1. The lowest BCUT2D eigenvalue weighted by Crippen LogP contribution is -2.44. The molecule has 1 fully saturated rings. The van der Waals surface area contributed by atoms with Gasteiger partial charge in [0.1, 0.15) is 6.54 Å². The first-order chi connectivity index (χ1) is 10.6. The molecule has 3 N–H and O–H groups in total. The highest BCUT2D eigenvalue weighted by Gasteiger charge is 2.17. The van der Waals surface area contributed by atoms with E-state index in [1.54, 1.807) is 0 Å². The Morgan fingerprint density at radius 2 is 2.13 bits per heavy atom. The summed E-state index contributed by atoms with van der Waals surface area (Å²) in [7, 11) is 0. The maximum Gasteiger partial charge on any atom is 0.241 e. The summed E-state index contributed by atoms with van der Waals surface area (Å²) in [4.78, 5) is 18.1. The second-order valence-electron chi connectivity index (χ2n) is 5.95. The van der Waals surface area contributed by atoms with Crippen molar-refractivity contribution in [2.45, 2.75) is 26.2 Å². The lowest BCUT2D eigenvalue weighted by molar-refractivity contribution is -0.119. The first kappa shape index (κ1) is 19.7. The number of piperidine rings is 1. The standard InChI is InChI=1S/C17H26N4O.HI/c1-14-6-5-11-21(13-14)17(18)20-12-16(22)19-10-9-15-7-3-2-4-8-15;/h2-4,7-8,14H,5-6,9-13H2,1H3,(H2,18,20)(H,19,22);1H. The quantitative estimate of drug-likeness (QED) is 0.427. The van der Waals surface area contributed by atoms with Gasteiger partial charge in [-0.25, -0.2) is 4.99 Å². The summed E-state index contributed by atoms with van der Waals surface area (Å²) in [6.07, 6.45) is 3.21.